The van der Waals surface area contributed by atoms with Crippen molar-refractivity contribution >= 4 is 16.0 Å². The minimum absolute atomic E-state index is 0.0710. The van der Waals surface area contributed by atoms with Gasteiger partial charge in [0.05, 0.1) is 10.5 Å². The fourth-order valence-corrected chi connectivity index (χ4v) is 2.77. The van der Waals surface area contributed by atoms with Gasteiger partial charge in [-0.2, -0.15) is 0 Å². The molecular formula is C15H15NO4S. The van der Waals surface area contributed by atoms with E-state index in [0.29, 0.717) is 5.56 Å². The molecule has 0 aromatic heterocycles. The molecule has 6 heteroatoms. The minimum atomic E-state index is -3.90. The van der Waals surface area contributed by atoms with Gasteiger partial charge < -0.3 is 4.84 Å². The van der Waals surface area contributed by atoms with Crippen molar-refractivity contribution in [2.45, 2.75) is 18.7 Å². The van der Waals surface area contributed by atoms with Gasteiger partial charge in [0.25, 0.3) is 10.0 Å². The monoisotopic (exact) mass is 305 g/mol. The lowest BCUT2D eigenvalue weighted by Crippen LogP contribution is -2.27. The molecule has 2 aromatic rings. The molecule has 2 rings (SSSR count). The third-order valence-corrected chi connectivity index (χ3v) is 4.25. The van der Waals surface area contributed by atoms with Crippen molar-refractivity contribution in [1.82, 2.24) is 4.89 Å². The van der Waals surface area contributed by atoms with Crippen molar-refractivity contribution in [2.24, 2.45) is 0 Å². The Balaban J connectivity index is 2.10. The van der Waals surface area contributed by atoms with E-state index in [9.17, 15) is 13.2 Å². The summed E-state index contributed by atoms with van der Waals surface area (Å²) in [5, 5.41) is 0. The Hall–Kier alpha value is -2.18. The molecule has 0 fully saturated rings. The smallest absolute Gasteiger partial charge is 0.351 e. The first-order chi connectivity index (χ1) is 9.90. The zero-order valence-electron chi connectivity index (χ0n) is 11.7. The van der Waals surface area contributed by atoms with Gasteiger partial charge in [-0.1, -0.05) is 35.9 Å². The highest BCUT2D eigenvalue weighted by Gasteiger charge is 2.19. The number of rotatable bonds is 4. The third-order valence-electron chi connectivity index (χ3n) is 2.91. The summed E-state index contributed by atoms with van der Waals surface area (Å²) in [7, 11) is -3.90. The lowest BCUT2D eigenvalue weighted by atomic mass is 10.2. The highest BCUT2D eigenvalue weighted by Crippen LogP contribution is 2.14. The summed E-state index contributed by atoms with van der Waals surface area (Å²) in [5.74, 6) is -0.757. The van der Waals surface area contributed by atoms with Crippen molar-refractivity contribution in [3.63, 3.8) is 0 Å². The Labute approximate surface area is 123 Å². The lowest BCUT2D eigenvalue weighted by molar-refractivity contribution is 0.0407. The molecule has 0 saturated carbocycles. The van der Waals surface area contributed by atoms with Gasteiger partial charge in [0.15, 0.2) is 0 Å². The Morgan fingerprint density at radius 1 is 1.00 bits per heavy atom. The summed E-state index contributed by atoms with van der Waals surface area (Å²) < 4.78 is 24.1. The molecule has 1 N–H and O–H groups in total. The molecule has 0 saturated heterocycles. The number of aryl methyl sites for hydroxylation is 2. The van der Waals surface area contributed by atoms with Crippen molar-refractivity contribution in [2.75, 3.05) is 0 Å². The summed E-state index contributed by atoms with van der Waals surface area (Å²) in [5.41, 5.74) is 1.83. The Bertz CT molecular complexity index is 751. The van der Waals surface area contributed by atoms with E-state index in [1.807, 2.05) is 11.8 Å². The van der Waals surface area contributed by atoms with E-state index in [4.69, 9.17) is 0 Å². The topological polar surface area (TPSA) is 72.5 Å². The zero-order valence-corrected chi connectivity index (χ0v) is 12.5. The standard InChI is InChI=1S/C15H15NO4S/c1-11-7-9-13(10-8-11)15(17)20-16-21(18,19)14-6-4-3-5-12(14)2/h3-10,16H,1-2H3. The van der Waals surface area contributed by atoms with Crippen molar-refractivity contribution in [1.29, 1.82) is 0 Å². The summed E-state index contributed by atoms with van der Waals surface area (Å²) in [6.07, 6.45) is 0. The van der Waals surface area contributed by atoms with Gasteiger partial charge in [-0.3, -0.25) is 0 Å². The van der Waals surface area contributed by atoms with Crippen LogP contribution in [0.5, 0.6) is 0 Å². The summed E-state index contributed by atoms with van der Waals surface area (Å²) in [6.45, 7) is 3.55. The molecule has 2 aromatic carbocycles. The van der Waals surface area contributed by atoms with Crippen molar-refractivity contribution < 1.29 is 18.0 Å². The van der Waals surface area contributed by atoms with Gasteiger partial charge >= 0.3 is 5.97 Å². The molecule has 0 atom stereocenters. The fourth-order valence-electron chi connectivity index (χ4n) is 1.74. The number of carbonyl (C=O) groups is 1. The molecule has 0 bridgehead atoms. The molecule has 0 heterocycles. The van der Waals surface area contributed by atoms with Crippen LogP contribution in [0.4, 0.5) is 0 Å². The number of nitrogens with one attached hydrogen (secondary N) is 1. The SMILES string of the molecule is Cc1ccc(C(=O)ONS(=O)(=O)c2ccccc2C)cc1. The number of benzene rings is 2. The molecule has 0 aliphatic heterocycles. The highest BCUT2D eigenvalue weighted by atomic mass is 32.2. The summed E-state index contributed by atoms with van der Waals surface area (Å²) in [4.78, 5) is 18.4. The minimum Gasteiger partial charge on any atom is -0.351 e. The summed E-state index contributed by atoms with van der Waals surface area (Å²) in [6, 6.07) is 13.1. The fraction of sp³-hybridized carbons (Fsp3) is 0.133. The van der Waals surface area contributed by atoms with Crippen LogP contribution in [0.2, 0.25) is 0 Å². The van der Waals surface area contributed by atoms with Gasteiger partial charge in [-0.15, -0.1) is 0 Å². The van der Waals surface area contributed by atoms with Gasteiger partial charge in [0.2, 0.25) is 0 Å². The molecular weight excluding hydrogens is 290 g/mol. The molecule has 0 aliphatic rings. The van der Waals surface area contributed by atoms with E-state index < -0.39 is 16.0 Å². The average molecular weight is 305 g/mol. The highest BCUT2D eigenvalue weighted by molar-refractivity contribution is 7.89. The van der Waals surface area contributed by atoms with Gasteiger partial charge in [-0.05, 0) is 42.5 Å². The largest absolute Gasteiger partial charge is 0.357 e. The Morgan fingerprint density at radius 2 is 1.62 bits per heavy atom. The van der Waals surface area contributed by atoms with Crippen LogP contribution in [0.1, 0.15) is 21.5 Å². The second-order valence-electron chi connectivity index (χ2n) is 4.61. The van der Waals surface area contributed by atoms with Crippen LogP contribution in [-0.2, 0) is 14.9 Å². The zero-order chi connectivity index (χ0) is 15.5. The Kier molecular flexibility index (Phi) is 4.40. The predicted octanol–water partition coefficient (Wildman–Crippen LogP) is 2.35. The molecule has 0 radical (unpaired) electrons. The van der Waals surface area contributed by atoms with Crippen LogP contribution >= 0.6 is 0 Å². The first-order valence-corrected chi connectivity index (χ1v) is 7.74. The second kappa shape index (κ2) is 6.07. The molecule has 5 nitrogen and oxygen atoms in total. The molecule has 0 aliphatic carbocycles. The van der Waals surface area contributed by atoms with Crippen molar-refractivity contribution in [3.8, 4) is 0 Å². The maximum absolute atomic E-state index is 12.1. The van der Waals surface area contributed by atoms with E-state index in [0.717, 1.165) is 5.56 Å². The first kappa shape index (κ1) is 15.2. The van der Waals surface area contributed by atoms with Gasteiger partial charge in [-0.25, -0.2) is 13.2 Å². The number of carbonyl (C=O) groups excluding carboxylic acids is 1. The number of hydrogen-bond donors (Lipinski definition) is 1. The molecule has 110 valence electrons. The van der Waals surface area contributed by atoms with Crippen LogP contribution in [0.3, 0.4) is 0 Å². The van der Waals surface area contributed by atoms with Crippen LogP contribution in [0.25, 0.3) is 0 Å². The van der Waals surface area contributed by atoms with E-state index in [2.05, 4.69) is 4.84 Å². The third kappa shape index (κ3) is 3.68. The van der Waals surface area contributed by atoms with Crippen LogP contribution in [0.15, 0.2) is 53.4 Å². The normalized spacial score (nSPS) is 11.1. The van der Waals surface area contributed by atoms with Crippen LogP contribution < -0.4 is 4.89 Å². The van der Waals surface area contributed by atoms with Crippen LogP contribution in [-0.4, -0.2) is 14.4 Å². The molecule has 0 spiro atoms. The van der Waals surface area contributed by atoms with Gasteiger partial charge in [0, 0.05) is 0 Å². The maximum Gasteiger partial charge on any atom is 0.357 e. The van der Waals surface area contributed by atoms with E-state index >= 15 is 0 Å². The average Bonchev–Trinajstić information content (AvgIpc) is 2.46. The van der Waals surface area contributed by atoms with Gasteiger partial charge in [0.1, 0.15) is 0 Å². The molecule has 0 amide bonds. The quantitative estimate of drug-likeness (QED) is 0.880. The van der Waals surface area contributed by atoms with E-state index in [-0.39, 0.29) is 10.5 Å². The van der Waals surface area contributed by atoms with Crippen LogP contribution in [0, 0.1) is 13.8 Å². The predicted molar refractivity (Wildman–Crippen MR) is 78.1 cm³/mol. The maximum atomic E-state index is 12.1. The van der Waals surface area contributed by atoms with E-state index in [1.54, 1.807) is 49.4 Å². The number of sulfonamides is 1. The lowest BCUT2D eigenvalue weighted by Gasteiger charge is -2.09. The second-order valence-corrected chi connectivity index (χ2v) is 6.22. The van der Waals surface area contributed by atoms with E-state index in [1.165, 1.54) is 6.07 Å². The van der Waals surface area contributed by atoms with Crippen molar-refractivity contribution in [3.05, 3.63) is 65.2 Å². The molecule has 21 heavy (non-hydrogen) atoms. The Morgan fingerprint density at radius 3 is 2.24 bits per heavy atom. The first-order valence-electron chi connectivity index (χ1n) is 6.25. The summed E-state index contributed by atoms with van der Waals surface area (Å²) >= 11 is 0. The molecule has 0 unspecified atom stereocenters. The number of hydrogen-bond acceptors (Lipinski definition) is 4.